The van der Waals surface area contributed by atoms with Gasteiger partial charge in [-0.2, -0.15) is 0 Å². The van der Waals surface area contributed by atoms with Crippen molar-refractivity contribution in [3.63, 3.8) is 0 Å². The fourth-order valence-electron chi connectivity index (χ4n) is 1.16. The van der Waals surface area contributed by atoms with E-state index in [2.05, 4.69) is 5.32 Å². The highest BCUT2D eigenvalue weighted by molar-refractivity contribution is 7.08. The molecule has 0 saturated carbocycles. The van der Waals surface area contributed by atoms with Crippen molar-refractivity contribution in [1.82, 2.24) is 0 Å². The number of anilines is 1. The van der Waals surface area contributed by atoms with Crippen molar-refractivity contribution in [1.29, 1.82) is 0 Å². The van der Waals surface area contributed by atoms with Crippen molar-refractivity contribution in [2.75, 3.05) is 5.32 Å². The Morgan fingerprint density at radius 3 is 2.53 bits per heavy atom. The average Bonchev–Trinajstić information content (AvgIpc) is 2.66. The van der Waals surface area contributed by atoms with Gasteiger partial charge in [0.15, 0.2) is 0 Å². The van der Waals surface area contributed by atoms with Crippen LogP contribution in [-0.2, 0) is 0 Å². The predicted molar refractivity (Wildman–Crippen MR) is 63.7 cm³/mol. The van der Waals surface area contributed by atoms with Crippen LogP contribution in [0.5, 0.6) is 0 Å². The summed E-state index contributed by atoms with van der Waals surface area (Å²) in [5, 5.41) is 6.74. The predicted octanol–water partition coefficient (Wildman–Crippen LogP) is 3.65. The molecule has 0 fully saturated rings. The van der Waals surface area contributed by atoms with Crippen LogP contribution in [0.3, 0.4) is 0 Å². The molecular formula is C11H8ClNOS. The summed E-state index contributed by atoms with van der Waals surface area (Å²) in [7, 11) is 0. The van der Waals surface area contributed by atoms with Gasteiger partial charge in [-0.25, -0.2) is 0 Å². The molecule has 1 amide bonds. The zero-order valence-electron chi connectivity index (χ0n) is 7.74. The molecule has 0 unspecified atom stereocenters. The molecule has 1 aromatic heterocycles. The van der Waals surface area contributed by atoms with Crippen molar-refractivity contribution in [2.45, 2.75) is 0 Å². The van der Waals surface area contributed by atoms with Gasteiger partial charge in [0.25, 0.3) is 5.91 Å². The third-order valence-corrected chi connectivity index (χ3v) is 3.08. The third kappa shape index (κ3) is 2.37. The topological polar surface area (TPSA) is 29.1 Å². The van der Waals surface area contributed by atoms with Crippen LogP contribution < -0.4 is 5.32 Å². The van der Waals surface area contributed by atoms with E-state index in [0.717, 1.165) is 5.69 Å². The molecule has 0 aliphatic heterocycles. The Bertz CT molecular complexity index is 466. The van der Waals surface area contributed by atoms with E-state index in [0.29, 0.717) is 10.6 Å². The van der Waals surface area contributed by atoms with Gasteiger partial charge in [0, 0.05) is 16.4 Å². The van der Waals surface area contributed by atoms with Crippen LogP contribution in [0.25, 0.3) is 0 Å². The van der Waals surface area contributed by atoms with Gasteiger partial charge in [-0.05, 0) is 12.1 Å². The molecule has 4 heteroatoms. The molecule has 0 radical (unpaired) electrons. The Morgan fingerprint density at radius 2 is 1.93 bits per heavy atom. The number of benzene rings is 1. The van der Waals surface area contributed by atoms with Crippen LogP contribution >= 0.6 is 22.9 Å². The Kier molecular flexibility index (Phi) is 3.04. The third-order valence-electron chi connectivity index (χ3n) is 1.89. The summed E-state index contributed by atoms with van der Waals surface area (Å²) in [5.41, 5.74) is 1.29. The fraction of sp³-hybridized carbons (Fsp3) is 0. The number of para-hydroxylation sites is 1. The van der Waals surface area contributed by atoms with Gasteiger partial charge < -0.3 is 5.32 Å². The highest BCUT2D eigenvalue weighted by Crippen LogP contribution is 2.21. The molecule has 2 aromatic rings. The lowest BCUT2D eigenvalue weighted by Crippen LogP contribution is -2.10. The normalized spacial score (nSPS) is 9.93. The van der Waals surface area contributed by atoms with Gasteiger partial charge >= 0.3 is 0 Å². The van der Waals surface area contributed by atoms with Crippen LogP contribution in [0.1, 0.15) is 10.4 Å². The number of nitrogens with one attached hydrogen (secondary N) is 1. The first-order valence-electron chi connectivity index (χ1n) is 4.35. The number of hydrogen-bond acceptors (Lipinski definition) is 2. The first-order chi connectivity index (χ1) is 7.27. The first-order valence-corrected chi connectivity index (χ1v) is 5.67. The zero-order chi connectivity index (χ0) is 10.7. The molecule has 1 aromatic carbocycles. The second-order valence-electron chi connectivity index (χ2n) is 2.95. The first kappa shape index (κ1) is 10.2. The molecule has 2 rings (SSSR count). The van der Waals surface area contributed by atoms with Crippen molar-refractivity contribution < 1.29 is 4.79 Å². The van der Waals surface area contributed by atoms with Gasteiger partial charge in [0.1, 0.15) is 0 Å². The lowest BCUT2D eigenvalue weighted by Gasteiger charge is -2.03. The second-order valence-corrected chi connectivity index (χ2v) is 4.10. The molecule has 0 spiro atoms. The lowest BCUT2D eigenvalue weighted by molar-refractivity contribution is 0.102. The maximum absolute atomic E-state index is 11.7. The molecule has 0 aliphatic carbocycles. The van der Waals surface area contributed by atoms with E-state index in [1.54, 1.807) is 10.8 Å². The fourth-order valence-corrected chi connectivity index (χ4v) is 2.21. The number of rotatable bonds is 2. The van der Waals surface area contributed by atoms with Gasteiger partial charge in [0.05, 0.1) is 10.6 Å². The number of carbonyl (C=O) groups is 1. The number of hydrogen-bond donors (Lipinski definition) is 1. The molecule has 0 saturated heterocycles. The van der Waals surface area contributed by atoms with Gasteiger partial charge in [0.2, 0.25) is 0 Å². The van der Waals surface area contributed by atoms with Gasteiger partial charge in [-0.15, -0.1) is 11.3 Å². The molecule has 0 bridgehead atoms. The van der Waals surface area contributed by atoms with E-state index in [1.165, 1.54) is 11.3 Å². The van der Waals surface area contributed by atoms with Crippen LogP contribution in [0.15, 0.2) is 41.1 Å². The average molecular weight is 238 g/mol. The molecular weight excluding hydrogens is 230 g/mol. The number of carbonyl (C=O) groups excluding carboxylic acids is 1. The summed E-state index contributed by atoms with van der Waals surface area (Å²) >= 11 is 7.26. The summed E-state index contributed by atoms with van der Waals surface area (Å²) in [6, 6.07) is 9.29. The summed E-state index contributed by atoms with van der Waals surface area (Å²) in [4.78, 5) is 11.7. The maximum Gasteiger partial charge on any atom is 0.258 e. The van der Waals surface area contributed by atoms with Crippen LogP contribution in [-0.4, -0.2) is 5.91 Å². The quantitative estimate of drug-likeness (QED) is 0.849. The van der Waals surface area contributed by atoms with Crippen molar-refractivity contribution >= 4 is 34.5 Å². The minimum Gasteiger partial charge on any atom is -0.322 e. The summed E-state index contributed by atoms with van der Waals surface area (Å²) in [6.07, 6.45) is 0. The van der Waals surface area contributed by atoms with E-state index >= 15 is 0 Å². The largest absolute Gasteiger partial charge is 0.322 e. The van der Waals surface area contributed by atoms with Crippen LogP contribution in [0.4, 0.5) is 5.69 Å². The van der Waals surface area contributed by atoms with E-state index in [4.69, 9.17) is 11.6 Å². The van der Waals surface area contributed by atoms with E-state index in [-0.39, 0.29) is 5.91 Å². The SMILES string of the molecule is O=C(Nc1ccccc1)c1cscc1Cl. The number of amides is 1. The Hall–Kier alpha value is -1.32. The van der Waals surface area contributed by atoms with E-state index in [9.17, 15) is 4.79 Å². The highest BCUT2D eigenvalue weighted by Gasteiger charge is 2.10. The lowest BCUT2D eigenvalue weighted by atomic mass is 10.3. The highest BCUT2D eigenvalue weighted by atomic mass is 35.5. The zero-order valence-corrected chi connectivity index (χ0v) is 9.31. The number of thiophene rings is 1. The summed E-state index contributed by atoms with van der Waals surface area (Å²) in [5.74, 6) is -0.174. The minimum atomic E-state index is -0.174. The van der Waals surface area contributed by atoms with Crippen molar-refractivity contribution in [3.8, 4) is 0 Å². The van der Waals surface area contributed by atoms with Gasteiger partial charge in [-0.3, -0.25) is 4.79 Å². The molecule has 1 heterocycles. The molecule has 0 atom stereocenters. The van der Waals surface area contributed by atoms with Gasteiger partial charge in [-0.1, -0.05) is 29.8 Å². The summed E-state index contributed by atoms with van der Waals surface area (Å²) in [6.45, 7) is 0. The van der Waals surface area contributed by atoms with Crippen molar-refractivity contribution in [2.24, 2.45) is 0 Å². The van der Waals surface area contributed by atoms with E-state index < -0.39 is 0 Å². The maximum atomic E-state index is 11.7. The Morgan fingerprint density at radius 1 is 1.20 bits per heavy atom. The standard InChI is InChI=1S/C11H8ClNOS/c12-10-7-15-6-9(10)11(14)13-8-4-2-1-3-5-8/h1-7H,(H,13,14). The smallest absolute Gasteiger partial charge is 0.258 e. The van der Waals surface area contributed by atoms with Crippen molar-refractivity contribution in [3.05, 3.63) is 51.7 Å². The second kappa shape index (κ2) is 4.47. The molecule has 2 nitrogen and oxygen atoms in total. The van der Waals surface area contributed by atoms with Crippen LogP contribution in [0.2, 0.25) is 5.02 Å². The summed E-state index contributed by atoms with van der Waals surface area (Å²) < 4.78 is 0. The van der Waals surface area contributed by atoms with E-state index in [1.807, 2.05) is 30.3 Å². The number of halogens is 1. The van der Waals surface area contributed by atoms with Crippen LogP contribution in [0, 0.1) is 0 Å². The Balaban J connectivity index is 2.15. The Labute approximate surface area is 96.5 Å². The minimum absolute atomic E-state index is 0.174. The molecule has 1 N–H and O–H groups in total. The molecule has 15 heavy (non-hydrogen) atoms. The monoisotopic (exact) mass is 237 g/mol. The molecule has 76 valence electrons. The molecule has 0 aliphatic rings.